The molecule has 2 aliphatic heterocycles. The number of fused-ring (bicyclic) bond motifs is 2. The van der Waals surface area contributed by atoms with Gasteiger partial charge in [-0.1, -0.05) is 35.9 Å². The molecule has 9 nitrogen and oxygen atoms in total. The van der Waals surface area contributed by atoms with E-state index in [1.807, 2.05) is 19.0 Å². The van der Waals surface area contributed by atoms with Crippen LogP contribution in [0.2, 0.25) is 5.15 Å². The highest BCUT2D eigenvalue weighted by Crippen LogP contribution is 2.36. The van der Waals surface area contributed by atoms with Crippen LogP contribution >= 0.6 is 11.6 Å². The Bertz CT molecular complexity index is 1470. The molecule has 2 aliphatic rings. The summed E-state index contributed by atoms with van der Waals surface area (Å²) in [5, 5.41) is 6.49. The van der Waals surface area contributed by atoms with Crippen molar-refractivity contribution < 1.29 is 18.3 Å². The first kappa shape index (κ1) is 25.4. The van der Waals surface area contributed by atoms with Crippen molar-refractivity contribution in [2.45, 2.75) is 0 Å². The molecule has 4 heterocycles. The minimum Gasteiger partial charge on any atom is -0.485 e. The summed E-state index contributed by atoms with van der Waals surface area (Å²) >= 11 is 6.03. The summed E-state index contributed by atoms with van der Waals surface area (Å²) in [6, 6.07) is 12.3. The van der Waals surface area contributed by atoms with Crippen molar-refractivity contribution in [2.24, 2.45) is 0 Å². The van der Waals surface area contributed by atoms with Crippen molar-refractivity contribution in [3.8, 4) is 34.3 Å². The van der Waals surface area contributed by atoms with Crippen molar-refractivity contribution in [1.82, 2.24) is 19.9 Å². The van der Waals surface area contributed by atoms with E-state index in [1.54, 1.807) is 24.3 Å². The van der Waals surface area contributed by atoms with Crippen LogP contribution in [0.15, 0.2) is 48.5 Å². The van der Waals surface area contributed by atoms with Crippen LogP contribution in [0.3, 0.4) is 0 Å². The van der Waals surface area contributed by atoms with Gasteiger partial charge >= 0.3 is 0 Å². The fourth-order valence-electron chi connectivity index (χ4n) is 3.82. The largest absolute Gasteiger partial charge is 0.485 e. The van der Waals surface area contributed by atoms with Crippen LogP contribution in [-0.2, 0) is 0 Å². The van der Waals surface area contributed by atoms with Crippen molar-refractivity contribution in [3.63, 3.8) is 0 Å². The van der Waals surface area contributed by atoms with Crippen molar-refractivity contribution in [2.75, 3.05) is 55.9 Å². The van der Waals surface area contributed by atoms with Gasteiger partial charge in [0, 0.05) is 25.2 Å². The summed E-state index contributed by atoms with van der Waals surface area (Å²) < 4.78 is 37.5. The Kier molecular flexibility index (Phi) is 7.36. The molecule has 196 valence electrons. The number of ether oxygens (including phenoxy) is 2. The van der Waals surface area contributed by atoms with Gasteiger partial charge in [0.05, 0.1) is 13.1 Å². The van der Waals surface area contributed by atoms with Gasteiger partial charge in [0.2, 0.25) is 5.75 Å². The zero-order chi connectivity index (χ0) is 26.6. The maximum Gasteiger partial charge on any atom is 0.204 e. The second-order valence-electron chi connectivity index (χ2n) is 8.53. The van der Waals surface area contributed by atoms with Gasteiger partial charge in [-0.05, 0) is 24.3 Å². The van der Waals surface area contributed by atoms with Gasteiger partial charge < -0.3 is 25.0 Å². The number of anilines is 3. The first-order valence-corrected chi connectivity index (χ1v) is 12.2. The number of halogens is 3. The summed E-state index contributed by atoms with van der Waals surface area (Å²) in [7, 11) is 3.77. The molecule has 2 aromatic heterocycles. The van der Waals surface area contributed by atoms with Crippen molar-refractivity contribution in [1.29, 1.82) is 0 Å². The van der Waals surface area contributed by atoms with Crippen LogP contribution in [0.5, 0.6) is 11.5 Å². The lowest BCUT2D eigenvalue weighted by atomic mass is 10.2. The Morgan fingerprint density at radius 3 is 1.84 bits per heavy atom. The monoisotopic (exact) mass is 539 g/mol. The number of nitrogens with one attached hydrogen (secondary N) is 2. The van der Waals surface area contributed by atoms with Crippen LogP contribution in [0.1, 0.15) is 0 Å². The zero-order valence-electron chi connectivity index (χ0n) is 20.6. The molecule has 0 fully saturated rings. The summed E-state index contributed by atoms with van der Waals surface area (Å²) in [4.78, 5) is 19.2. The lowest BCUT2D eigenvalue weighted by Crippen LogP contribution is -2.23. The molecule has 0 aliphatic carbocycles. The lowest BCUT2D eigenvalue weighted by Gasteiger charge is -2.24. The molecule has 0 bridgehead atoms. The minimum atomic E-state index is -0.339. The first-order chi connectivity index (χ1) is 18.4. The highest BCUT2D eigenvalue weighted by atomic mass is 35.5. The molecule has 0 unspecified atom stereocenters. The average Bonchev–Trinajstić information content (AvgIpc) is 2.93. The van der Waals surface area contributed by atoms with Gasteiger partial charge in [0.15, 0.2) is 40.0 Å². The van der Waals surface area contributed by atoms with Gasteiger partial charge in [0.1, 0.15) is 24.8 Å². The maximum atomic E-state index is 13.3. The number of benzene rings is 2. The first-order valence-electron chi connectivity index (χ1n) is 11.8. The fourth-order valence-corrected chi connectivity index (χ4v) is 4.05. The molecular weight excluding hydrogens is 516 g/mol. The van der Waals surface area contributed by atoms with Crippen LogP contribution < -0.4 is 25.0 Å². The third-order valence-electron chi connectivity index (χ3n) is 5.54. The molecule has 38 heavy (non-hydrogen) atoms. The second kappa shape index (κ2) is 11.0. The third kappa shape index (κ3) is 5.52. The van der Waals surface area contributed by atoms with E-state index in [9.17, 15) is 8.78 Å². The number of hydrogen-bond acceptors (Lipinski definition) is 9. The fraction of sp³-hybridized carbons (Fsp3) is 0.231. The van der Waals surface area contributed by atoms with Crippen molar-refractivity contribution in [3.05, 3.63) is 65.3 Å². The van der Waals surface area contributed by atoms with E-state index in [2.05, 4.69) is 30.6 Å². The summed E-state index contributed by atoms with van der Waals surface area (Å²) in [6.07, 6.45) is 0. The maximum absolute atomic E-state index is 13.3. The van der Waals surface area contributed by atoms with Gasteiger partial charge in [-0.3, -0.25) is 0 Å². The van der Waals surface area contributed by atoms with E-state index in [-0.39, 0.29) is 16.8 Å². The SMILES string of the molecule is CN(C)c1nc(-c2cccc(F)c2)nc2c1OCCN2.Fc1cccc(-c2nc(Cl)c3c(n2)NCCO3)c1. The van der Waals surface area contributed by atoms with Gasteiger partial charge in [-0.25, -0.2) is 28.7 Å². The smallest absolute Gasteiger partial charge is 0.204 e. The van der Waals surface area contributed by atoms with E-state index in [0.29, 0.717) is 78.0 Å². The summed E-state index contributed by atoms with van der Waals surface area (Å²) in [5.74, 6) is 3.16. The lowest BCUT2D eigenvalue weighted by molar-refractivity contribution is 0.320. The van der Waals surface area contributed by atoms with Crippen LogP contribution in [0.4, 0.5) is 26.2 Å². The van der Waals surface area contributed by atoms with Crippen molar-refractivity contribution >= 4 is 29.1 Å². The summed E-state index contributed by atoms with van der Waals surface area (Å²) in [5.41, 5.74) is 1.22. The quantitative estimate of drug-likeness (QED) is 0.352. The molecule has 4 aromatic rings. The predicted octanol–water partition coefficient (Wildman–Crippen LogP) is 4.89. The summed E-state index contributed by atoms with van der Waals surface area (Å²) in [6.45, 7) is 2.45. The molecular formula is C26H24ClF2N7O2. The second-order valence-corrected chi connectivity index (χ2v) is 8.89. The van der Waals surface area contributed by atoms with Crippen LogP contribution in [0, 0.1) is 11.6 Å². The zero-order valence-corrected chi connectivity index (χ0v) is 21.4. The highest BCUT2D eigenvalue weighted by molar-refractivity contribution is 6.31. The van der Waals surface area contributed by atoms with Gasteiger partial charge in [-0.15, -0.1) is 0 Å². The Labute approximate surface area is 222 Å². The number of aromatic nitrogens is 4. The van der Waals surface area contributed by atoms with E-state index in [0.717, 1.165) is 0 Å². The van der Waals surface area contributed by atoms with Crippen LogP contribution in [-0.4, -0.2) is 60.3 Å². The molecule has 6 rings (SSSR count). The molecule has 0 saturated heterocycles. The number of hydrogen-bond donors (Lipinski definition) is 2. The van der Waals surface area contributed by atoms with E-state index in [4.69, 9.17) is 21.1 Å². The molecule has 12 heteroatoms. The van der Waals surface area contributed by atoms with E-state index in [1.165, 1.54) is 24.3 Å². The topological polar surface area (TPSA) is 97.3 Å². The Morgan fingerprint density at radius 1 is 0.763 bits per heavy atom. The molecule has 0 spiro atoms. The molecule has 2 aromatic carbocycles. The normalized spacial score (nSPS) is 13.3. The standard InChI is InChI=1S/C14H15FN4O.C12H9ClFN3O/c1-19(2)14-11-13(16-6-7-20-11)17-12(18-14)9-4-3-5-10(15)8-9;13-10-9-12(15-4-5-18-9)17-11(16-10)7-2-1-3-8(14)6-7/h3-5,8H,6-7H2,1-2H3,(H,16,17,18);1-3,6H,4-5H2,(H,15,16,17). The number of nitrogens with zero attached hydrogens (tertiary/aromatic N) is 5. The third-order valence-corrected chi connectivity index (χ3v) is 5.80. The van der Waals surface area contributed by atoms with E-state index < -0.39 is 0 Å². The molecule has 0 amide bonds. The molecule has 0 saturated carbocycles. The highest BCUT2D eigenvalue weighted by Gasteiger charge is 2.21. The minimum absolute atomic E-state index is 0.228. The molecule has 0 atom stereocenters. The molecule has 2 N–H and O–H groups in total. The Balaban J connectivity index is 0.000000156. The predicted molar refractivity (Wildman–Crippen MR) is 142 cm³/mol. The van der Waals surface area contributed by atoms with Gasteiger partial charge in [-0.2, -0.15) is 0 Å². The Morgan fingerprint density at radius 2 is 1.29 bits per heavy atom. The number of rotatable bonds is 3. The van der Waals surface area contributed by atoms with E-state index >= 15 is 0 Å². The van der Waals surface area contributed by atoms with Gasteiger partial charge in [0.25, 0.3) is 0 Å². The Hall–Kier alpha value is -4.25. The molecule has 0 radical (unpaired) electrons. The average molecular weight is 540 g/mol. The van der Waals surface area contributed by atoms with Crippen LogP contribution in [0.25, 0.3) is 22.8 Å².